The predicted octanol–water partition coefficient (Wildman–Crippen LogP) is 2.84. The van der Waals surface area contributed by atoms with Crippen LogP contribution in [-0.4, -0.2) is 5.91 Å². The minimum Gasteiger partial charge on any atom is -0.318 e. The fourth-order valence-corrected chi connectivity index (χ4v) is 2.00. The number of carbonyl (C=O) groups is 1. The van der Waals surface area contributed by atoms with Crippen LogP contribution in [0, 0.1) is 11.6 Å². The zero-order chi connectivity index (χ0) is 15.2. The molecule has 1 aromatic heterocycles. The molecular formula is C16H17F2N2O+. The molecule has 21 heavy (non-hydrogen) atoms. The Morgan fingerprint density at radius 2 is 1.90 bits per heavy atom. The maximum atomic E-state index is 13.4. The fourth-order valence-electron chi connectivity index (χ4n) is 2.00. The molecule has 0 aliphatic carbocycles. The van der Waals surface area contributed by atoms with Crippen molar-refractivity contribution in [3.8, 4) is 0 Å². The highest BCUT2D eigenvalue weighted by molar-refractivity contribution is 5.89. The number of aryl methyl sites for hydroxylation is 1. The van der Waals surface area contributed by atoms with Crippen LogP contribution in [0.25, 0.3) is 0 Å². The van der Waals surface area contributed by atoms with E-state index in [9.17, 15) is 13.6 Å². The molecule has 1 amide bonds. The quantitative estimate of drug-likeness (QED) is 0.844. The minimum atomic E-state index is -0.786. The fraction of sp³-hybridized carbons (Fsp3) is 0.250. The summed E-state index contributed by atoms with van der Waals surface area (Å²) in [6.07, 6.45) is 5.68. The van der Waals surface area contributed by atoms with E-state index in [0.29, 0.717) is 0 Å². The van der Waals surface area contributed by atoms with E-state index < -0.39 is 11.6 Å². The van der Waals surface area contributed by atoms with Crippen molar-refractivity contribution < 1.29 is 18.1 Å². The van der Waals surface area contributed by atoms with Crippen LogP contribution in [0.2, 0.25) is 0 Å². The van der Waals surface area contributed by atoms with Gasteiger partial charge in [-0.05, 0) is 24.1 Å². The Hall–Kier alpha value is -2.30. The number of nitrogens with one attached hydrogen (secondary N) is 1. The van der Waals surface area contributed by atoms with Crippen LogP contribution in [0.5, 0.6) is 0 Å². The summed E-state index contributed by atoms with van der Waals surface area (Å²) in [5.74, 6) is -1.83. The topological polar surface area (TPSA) is 33.0 Å². The van der Waals surface area contributed by atoms with Crippen molar-refractivity contribution in [1.29, 1.82) is 0 Å². The summed E-state index contributed by atoms with van der Waals surface area (Å²) in [6.45, 7) is 2.18. The van der Waals surface area contributed by atoms with Gasteiger partial charge in [0, 0.05) is 18.2 Å². The van der Waals surface area contributed by atoms with Gasteiger partial charge in [-0.3, -0.25) is 4.79 Å². The average molecular weight is 291 g/mol. The Balaban J connectivity index is 1.98. The lowest BCUT2D eigenvalue weighted by Crippen LogP contribution is -2.39. The molecule has 1 aromatic carbocycles. The summed E-state index contributed by atoms with van der Waals surface area (Å²) >= 11 is 0. The second kappa shape index (κ2) is 6.92. The Bertz CT molecular complexity index is 627. The molecule has 1 N–H and O–H groups in total. The van der Waals surface area contributed by atoms with Crippen molar-refractivity contribution in [2.24, 2.45) is 0 Å². The first-order valence-corrected chi connectivity index (χ1v) is 6.81. The number of anilines is 1. The van der Waals surface area contributed by atoms with Crippen LogP contribution >= 0.6 is 0 Å². The number of pyridine rings is 1. The number of hydrogen-bond donors (Lipinski definition) is 1. The molecule has 0 unspecified atom stereocenters. The van der Waals surface area contributed by atoms with Gasteiger partial charge in [0.2, 0.25) is 6.54 Å². The Morgan fingerprint density at radius 1 is 1.19 bits per heavy atom. The van der Waals surface area contributed by atoms with Crippen LogP contribution in [0.15, 0.2) is 42.7 Å². The molecule has 0 aliphatic heterocycles. The van der Waals surface area contributed by atoms with E-state index in [4.69, 9.17) is 0 Å². The molecule has 0 saturated carbocycles. The summed E-state index contributed by atoms with van der Waals surface area (Å²) in [6, 6.07) is 6.95. The first kappa shape index (κ1) is 15.1. The van der Waals surface area contributed by atoms with Gasteiger partial charge < -0.3 is 5.32 Å². The third kappa shape index (κ3) is 4.34. The number of rotatable bonds is 5. The number of carbonyl (C=O) groups excluding carboxylic acids is 1. The van der Waals surface area contributed by atoms with Crippen molar-refractivity contribution in [3.63, 3.8) is 0 Å². The number of nitrogens with zero attached hydrogens (tertiary/aromatic N) is 1. The normalized spacial score (nSPS) is 10.4. The van der Waals surface area contributed by atoms with Crippen molar-refractivity contribution in [2.45, 2.75) is 26.3 Å². The van der Waals surface area contributed by atoms with E-state index >= 15 is 0 Å². The van der Waals surface area contributed by atoms with Gasteiger partial charge in [0.15, 0.2) is 12.4 Å². The van der Waals surface area contributed by atoms with Gasteiger partial charge in [-0.15, -0.1) is 0 Å². The van der Waals surface area contributed by atoms with E-state index in [2.05, 4.69) is 12.2 Å². The van der Waals surface area contributed by atoms with Gasteiger partial charge in [-0.2, -0.15) is 4.57 Å². The molecule has 0 saturated heterocycles. The molecule has 3 nitrogen and oxygen atoms in total. The van der Waals surface area contributed by atoms with Crippen LogP contribution in [0.3, 0.4) is 0 Å². The summed E-state index contributed by atoms with van der Waals surface area (Å²) in [7, 11) is 0. The van der Waals surface area contributed by atoms with E-state index in [1.165, 1.54) is 11.6 Å². The van der Waals surface area contributed by atoms with Gasteiger partial charge in [-0.25, -0.2) is 8.78 Å². The molecule has 0 spiro atoms. The number of hydrogen-bond acceptors (Lipinski definition) is 1. The van der Waals surface area contributed by atoms with Gasteiger partial charge in [0.1, 0.15) is 11.6 Å². The molecule has 2 rings (SSSR count). The van der Waals surface area contributed by atoms with Crippen molar-refractivity contribution in [1.82, 2.24) is 0 Å². The van der Waals surface area contributed by atoms with Crippen LogP contribution in [0.1, 0.15) is 18.9 Å². The summed E-state index contributed by atoms with van der Waals surface area (Å²) < 4.78 is 27.9. The van der Waals surface area contributed by atoms with Crippen LogP contribution in [0.4, 0.5) is 14.5 Å². The molecule has 0 atom stereocenters. The van der Waals surface area contributed by atoms with Crippen LogP contribution in [-0.2, 0) is 17.8 Å². The first-order chi connectivity index (χ1) is 10.1. The lowest BCUT2D eigenvalue weighted by Gasteiger charge is -2.04. The van der Waals surface area contributed by atoms with E-state index in [0.717, 1.165) is 25.0 Å². The molecule has 5 heteroatoms. The molecule has 0 aliphatic rings. The zero-order valence-corrected chi connectivity index (χ0v) is 11.8. The Kier molecular flexibility index (Phi) is 4.98. The highest BCUT2D eigenvalue weighted by atomic mass is 19.1. The second-order valence-electron chi connectivity index (χ2n) is 4.80. The molecule has 0 bridgehead atoms. The number of halogens is 2. The van der Waals surface area contributed by atoms with Crippen molar-refractivity contribution >= 4 is 11.6 Å². The van der Waals surface area contributed by atoms with Crippen molar-refractivity contribution in [2.75, 3.05) is 5.32 Å². The van der Waals surface area contributed by atoms with Gasteiger partial charge in [0.05, 0.1) is 5.69 Å². The van der Waals surface area contributed by atoms with Gasteiger partial charge in [-0.1, -0.05) is 13.3 Å². The maximum Gasteiger partial charge on any atom is 0.290 e. The lowest BCUT2D eigenvalue weighted by molar-refractivity contribution is -0.684. The number of amides is 1. The lowest BCUT2D eigenvalue weighted by atomic mass is 10.2. The summed E-state index contributed by atoms with van der Waals surface area (Å²) in [5, 5.41) is 2.42. The third-order valence-electron chi connectivity index (χ3n) is 3.03. The van der Waals surface area contributed by atoms with Crippen molar-refractivity contribution in [3.05, 3.63) is 59.9 Å². The van der Waals surface area contributed by atoms with E-state index in [-0.39, 0.29) is 18.1 Å². The average Bonchev–Trinajstić information content (AvgIpc) is 2.44. The maximum absolute atomic E-state index is 13.4. The molecule has 0 radical (unpaired) electrons. The van der Waals surface area contributed by atoms with E-state index in [1.807, 2.05) is 24.5 Å². The second-order valence-corrected chi connectivity index (χ2v) is 4.80. The summed E-state index contributed by atoms with van der Waals surface area (Å²) in [5.41, 5.74) is 1.18. The molecular weight excluding hydrogens is 274 g/mol. The molecule has 0 fully saturated rings. The number of aromatic nitrogens is 1. The minimum absolute atomic E-state index is 0.0235. The van der Waals surface area contributed by atoms with Crippen LogP contribution < -0.4 is 9.88 Å². The first-order valence-electron chi connectivity index (χ1n) is 6.81. The largest absolute Gasteiger partial charge is 0.318 e. The monoisotopic (exact) mass is 291 g/mol. The molecule has 1 heterocycles. The smallest absolute Gasteiger partial charge is 0.290 e. The van der Waals surface area contributed by atoms with Gasteiger partial charge in [0.25, 0.3) is 5.91 Å². The van der Waals surface area contributed by atoms with E-state index in [1.54, 1.807) is 4.57 Å². The Labute approximate surface area is 122 Å². The molecule has 2 aromatic rings. The van der Waals surface area contributed by atoms with Gasteiger partial charge >= 0.3 is 0 Å². The highest BCUT2D eigenvalue weighted by Crippen LogP contribution is 2.14. The standard InChI is InChI=1S/C16H16F2N2O/c1-2-3-12-6-8-20(9-7-12)11-16(21)19-15-5-4-13(17)10-14(15)18/h4-10H,2-3,11H2,1H3/p+1. The zero-order valence-electron chi connectivity index (χ0n) is 11.8. The Morgan fingerprint density at radius 3 is 2.52 bits per heavy atom. The SMILES string of the molecule is CCCc1cc[n+](CC(=O)Nc2ccc(F)cc2F)cc1. The highest BCUT2D eigenvalue weighted by Gasteiger charge is 2.12. The summed E-state index contributed by atoms with van der Waals surface area (Å²) in [4.78, 5) is 11.8. The molecule has 110 valence electrons. The predicted molar refractivity (Wildman–Crippen MR) is 75.6 cm³/mol. The third-order valence-corrected chi connectivity index (χ3v) is 3.03. The number of benzene rings is 1.